The number of halogens is 2. The zero-order chi connectivity index (χ0) is 18.4. The van der Waals surface area contributed by atoms with E-state index in [2.05, 4.69) is 16.7 Å². The molecule has 0 amide bonds. The van der Waals surface area contributed by atoms with E-state index in [9.17, 15) is 13.6 Å². The third-order valence-corrected chi connectivity index (χ3v) is 3.76. The summed E-state index contributed by atoms with van der Waals surface area (Å²) in [6.45, 7) is 5.28. The monoisotopic (exact) mass is 350 g/mol. The van der Waals surface area contributed by atoms with Gasteiger partial charge in [-0.3, -0.25) is 0 Å². The van der Waals surface area contributed by atoms with Crippen molar-refractivity contribution < 1.29 is 23.2 Å². The van der Waals surface area contributed by atoms with Gasteiger partial charge in [0.1, 0.15) is 0 Å². The van der Waals surface area contributed by atoms with Crippen LogP contribution in [0.2, 0.25) is 0 Å². The molecule has 0 bridgehead atoms. The van der Waals surface area contributed by atoms with Crippen LogP contribution < -0.4 is 0 Å². The van der Waals surface area contributed by atoms with Gasteiger partial charge in [0.2, 0.25) is 5.89 Å². The third kappa shape index (κ3) is 5.20. The van der Waals surface area contributed by atoms with Crippen LogP contribution in [0.15, 0.2) is 40.9 Å². The first-order valence-corrected chi connectivity index (χ1v) is 8.01. The maximum atomic E-state index is 14.0. The number of hydrogen-bond donors (Lipinski definition) is 1. The Kier molecular flexibility index (Phi) is 6.01. The Balaban J connectivity index is 2.01. The lowest BCUT2D eigenvalue weighted by atomic mass is 10.0. The first kappa shape index (κ1) is 18.8. The second kappa shape index (κ2) is 8.00. The largest absolute Gasteiger partial charge is 0.478 e. The summed E-state index contributed by atoms with van der Waals surface area (Å²) in [5.41, 5.74) is 0.713. The van der Waals surface area contributed by atoms with Crippen LogP contribution in [-0.4, -0.2) is 21.2 Å². The molecule has 2 rings (SSSR count). The Morgan fingerprint density at radius 3 is 2.60 bits per heavy atom. The Bertz CT molecular complexity index is 739. The summed E-state index contributed by atoms with van der Waals surface area (Å²) in [4.78, 5) is 14.8. The van der Waals surface area contributed by atoms with E-state index < -0.39 is 11.9 Å². The number of nitrogens with zero attached hydrogens (tertiary/aromatic N) is 2. The highest BCUT2D eigenvalue weighted by Crippen LogP contribution is 2.33. The van der Waals surface area contributed by atoms with Crippen LogP contribution in [0.25, 0.3) is 0 Å². The van der Waals surface area contributed by atoms with Crippen molar-refractivity contribution in [3.63, 3.8) is 0 Å². The minimum atomic E-state index is -2.83. The number of carbonyl (C=O) groups is 1. The summed E-state index contributed by atoms with van der Waals surface area (Å²) in [6.07, 6.45) is 1.31. The molecule has 7 heteroatoms. The summed E-state index contributed by atoms with van der Waals surface area (Å²) in [5, 5.41) is 12.5. The van der Waals surface area contributed by atoms with Gasteiger partial charge in [0.25, 0.3) is 5.92 Å². The molecule has 0 radical (unpaired) electrons. The highest BCUT2D eigenvalue weighted by molar-refractivity contribution is 5.86. The quantitative estimate of drug-likeness (QED) is 0.688. The molecule has 0 saturated carbocycles. The van der Waals surface area contributed by atoms with Gasteiger partial charge in [0, 0.05) is 24.0 Å². The second-order valence-electron chi connectivity index (χ2n) is 5.87. The SMILES string of the molecule is C=C(Cc1nc(Cc2ccc(C(F)(F)CCCC)cc2)no1)C(=O)O. The number of aromatic nitrogens is 2. The van der Waals surface area contributed by atoms with E-state index in [1.54, 1.807) is 12.1 Å². The summed E-state index contributed by atoms with van der Waals surface area (Å²) < 4.78 is 33.0. The molecular weight excluding hydrogens is 330 g/mol. The lowest BCUT2D eigenvalue weighted by molar-refractivity contribution is -0.132. The summed E-state index contributed by atoms with van der Waals surface area (Å²) in [5.74, 6) is -3.44. The van der Waals surface area contributed by atoms with E-state index in [0.29, 0.717) is 18.7 Å². The van der Waals surface area contributed by atoms with Crippen molar-refractivity contribution in [2.75, 3.05) is 0 Å². The summed E-state index contributed by atoms with van der Waals surface area (Å²) in [7, 11) is 0. The van der Waals surface area contributed by atoms with Gasteiger partial charge >= 0.3 is 5.97 Å². The standard InChI is InChI=1S/C18H20F2N2O3/c1-3-4-9-18(19,20)14-7-5-13(6-8-14)11-15-21-16(25-22-15)10-12(2)17(23)24/h5-8H,2-4,9-11H2,1H3,(H,23,24). The van der Waals surface area contributed by atoms with Crippen LogP contribution in [0, 0.1) is 0 Å². The van der Waals surface area contributed by atoms with Crippen LogP contribution in [-0.2, 0) is 23.6 Å². The minimum Gasteiger partial charge on any atom is -0.478 e. The average molecular weight is 350 g/mol. The van der Waals surface area contributed by atoms with Gasteiger partial charge in [-0.1, -0.05) is 49.3 Å². The van der Waals surface area contributed by atoms with E-state index >= 15 is 0 Å². The van der Waals surface area contributed by atoms with E-state index in [4.69, 9.17) is 9.63 Å². The second-order valence-corrected chi connectivity index (χ2v) is 5.87. The van der Waals surface area contributed by atoms with Crippen LogP contribution in [0.5, 0.6) is 0 Å². The molecule has 1 aromatic heterocycles. The number of alkyl halides is 2. The number of benzene rings is 1. The van der Waals surface area contributed by atoms with Crippen molar-refractivity contribution >= 4 is 5.97 Å². The fourth-order valence-corrected chi connectivity index (χ4v) is 2.28. The number of carboxylic acid groups (broad SMARTS) is 1. The molecule has 134 valence electrons. The van der Waals surface area contributed by atoms with Crippen LogP contribution in [0.4, 0.5) is 8.78 Å². The van der Waals surface area contributed by atoms with E-state index in [0.717, 1.165) is 12.0 Å². The fraction of sp³-hybridized carbons (Fsp3) is 0.389. The van der Waals surface area contributed by atoms with Gasteiger partial charge in [-0.25, -0.2) is 13.6 Å². The zero-order valence-electron chi connectivity index (χ0n) is 14.0. The molecule has 0 atom stereocenters. The van der Waals surface area contributed by atoms with Gasteiger partial charge in [-0.05, 0) is 12.0 Å². The average Bonchev–Trinajstić information content (AvgIpc) is 3.00. The molecule has 1 heterocycles. The highest BCUT2D eigenvalue weighted by atomic mass is 19.3. The molecule has 0 saturated heterocycles. The molecule has 0 fully saturated rings. The number of aliphatic carboxylic acids is 1. The predicted molar refractivity (Wildman–Crippen MR) is 87.4 cm³/mol. The lowest BCUT2D eigenvalue weighted by Gasteiger charge is -2.16. The Morgan fingerprint density at radius 1 is 1.32 bits per heavy atom. The molecule has 0 aliphatic heterocycles. The van der Waals surface area contributed by atoms with Crippen molar-refractivity contribution in [2.45, 2.75) is 45.0 Å². The van der Waals surface area contributed by atoms with Crippen molar-refractivity contribution in [3.05, 3.63) is 59.3 Å². The maximum Gasteiger partial charge on any atom is 0.331 e. The fourth-order valence-electron chi connectivity index (χ4n) is 2.28. The number of rotatable bonds is 9. The Morgan fingerprint density at radius 2 is 2.00 bits per heavy atom. The van der Waals surface area contributed by atoms with Gasteiger partial charge in [0.15, 0.2) is 5.82 Å². The topological polar surface area (TPSA) is 76.2 Å². The summed E-state index contributed by atoms with van der Waals surface area (Å²) >= 11 is 0. The predicted octanol–water partition coefficient (Wildman–Crippen LogP) is 4.13. The van der Waals surface area contributed by atoms with Crippen molar-refractivity contribution in [2.24, 2.45) is 0 Å². The van der Waals surface area contributed by atoms with Crippen molar-refractivity contribution in [1.82, 2.24) is 10.1 Å². The molecule has 1 N–H and O–H groups in total. The highest BCUT2D eigenvalue weighted by Gasteiger charge is 2.30. The van der Waals surface area contributed by atoms with Crippen LogP contribution in [0.3, 0.4) is 0 Å². The van der Waals surface area contributed by atoms with Crippen LogP contribution >= 0.6 is 0 Å². The molecule has 0 spiro atoms. The van der Waals surface area contributed by atoms with E-state index in [1.165, 1.54) is 12.1 Å². The zero-order valence-corrected chi connectivity index (χ0v) is 14.0. The number of carboxylic acids is 1. The molecule has 2 aromatic rings. The van der Waals surface area contributed by atoms with Crippen molar-refractivity contribution in [3.8, 4) is 0 Å². The van der Waals surface area contributed by atoms with E-state index in [1.807, 2.05) is 6.92 Å². The van der Waals surface area contributed by atoms with Gasteiger partial charge in [0.05, 0.1) is 6.42 Å². The lowest BCUT2D eigenvalue weighted by Crippen LogP contribution is -2.13. The van der Waals surface area contributed by atoms with Gasteiger partial charge in [-0.15, -0.1) is 0 Å². The molecule has 5 nitrogen and oxygen atoms in total. The minimum absolute atomic E-state index is 0.00346. The summed E-state index contributed by atoms with van der Waals surface area (Å²) in [6, 6.07) is 6.05. The van der Waals surface area contributed by atoms with Gasteiger partial charge in [-0.2, -0.15) is 4.98 Å². The molecule has 25 heavy (non-hydrogen) atoms. The first-order chi connectivity index (χ1) is 11.8. The normalized spacial score (nSPS) is 11.5. The molecule has 0 aliphatic carbocycles. The molecule has 0 aliphatic rings. The molecule has 0 unspecified atom stereocenters. The van der Waals surface area contributed by atoms with Crippen molar-refractivity contribution in [1.29, 1.82) is 0 Å². The molecule has 1 aromatic carbocycles. The maximum absolute atomic E-state index is 14.0. The Labute approximate surface area is 144 Å². The smallest absolute Gasteiger partial charge is 0.331 e. The Hall–Kier alpha value is -2.57. The number of unbranched alkanes of at least 4 members (excludes halogenated alkanes) is 1. The number of hydrogen-bond acceptors (Lipinski definition) is 4. The third-order valence-electron chi connectivity index (χ3n) is 3.76. The van der Waals surface area contributed by atoms with Gasteiger partial charge < -0.3 is 9.63 Å². The van der Waals surface area contributed by atoms with E-state index in [-0.39, 0.29) is 29.9 Å². The van der Waals surface area contributed by atoms with Crippen LogP contribution in [0.1, 0.15) is 49.0 Å². The molecular formula is C18H20F2N2O3. The first-order valence-electron chi connectivity index (χ1n) is 8.01.